The second-order valence-electron chi connectivity index (χ2n) is 5.49. The Morgan fingerprint density at radius 1 is 1.43 bits per heavy atom. The number of nitrogens with zero attached hydrogens (tertiary/aromatic N) is 4. The third kappa shape index (κ3) is 4.50. The van der Waals surface area contributed by atoms with Crippen molar-refractivity contribution in [2.24, 2.45) is 7.05 Å². The number of halogens is 1. The second-order valence-corrected chi connectivity index (χ2v) is 6.75. The number of nitrogens with one attached hydrogen (secondary N) is 1. The topological polar surface area (TPSA) is 129 Å². The minimum absolute atomic E-state index is 0.00510. The molecule has 0 atom stereocenters. The van der Waals surface area contributed by atoms with E-state index in [1.807, 2.05) is 0 Å². The van der Waals surface area contributed by atoms with Gasteiger partial charge in [0.1, 0.15) is 5.01 Å². The SMILES string of the molecule is Cn1cc(-c2nc(C(=O)OCC(=O)Nc3ccc([N+](=O)[O-])cc3Cl)cs2)cn1. The lowest BCUT2D eigenvalue weighted by Gasteiger charge is -2.07. The minimum atomic E-state index is -0.753. The van der Waals surface area contributed by atoms with Gasteiger partial charge in [-0.2, -0.15) is 5.10 Å². The maximum Gasteiger partial charge on any atom is 0.358 e. The molecule has 0 aliphatic rings. The van der Waals surface area contributed by atoms with E-state index in [9.17, 15) is 19.7 Å². The van der Waals surface area contributed by atoms with Crippen LogP contribution in [0.5, 0.6) is 0 Å². The molecular weight excluding hydrogens is 410 g/mol. The van der Waals surface area contributed by atoms with Crippen molar-refractivity contribution in [1.82, 2.24) is 14.8 Å². The first kappa shape index (κ1) is 19.5. The van der Waals surface area contributed by atoms with Gasteiger partial charge in [-0.1, -0.05) is 11.6 Å². The summed E-state index contributed by atoms with van der Waals surface area (Å²) in [6.45, 7) is -0.564. The molecule has 12 heteroatoms. The minimum Gasteiger partial charge on any atom is -0.451 e. The molecule has 0 saturated heterocycles. The third-order valence-corrected chi connectivity index (χ3v) is 4.64. The van der Waals surface area contributed by atoms with Gasteiger partial charge in [0.25, 0.3) is 11.6 Å². The first-order valence-corrected chi connectivity index (χ1v) is 8.94. The molecule has 28 heavy (non-hydrogen) atoms. The molecule has 3 rings (SSSR count). The molecule has 0 spiro atoms. The highest BCUT2D eigenvalue weighted by molar-refractivity contribution is 7.13. The molecule has 3 aromatic rings. The van der Waals surface area contributed by atoms with Crippen LogP contribution in [0.25, 0.3) is 10.6 Å². The predicted molar refractivity (Wildman–Crippen MR) is 101 cm³/mol. The number of ether oxygens (including phenoxy) is 1. The number of nitro groups is 1. The Kier molecular flexibility index (Phi) is 5.66. The summed E-state index contributed by atoms with van der Waals surface area (Å²) >= 11 is 7.14. The zero-order valence-electron chi connectivity index (χ0n) is 14.3. The van der Waals surface area contributed by atoms with E-state index in [0.29, 0.717) is 5.01 Å². The molecule has 2 aromatic heterocycles. The lowest BCUT2D eigenvalue weighted by atomic mass is 10.3. The van der Waals surface area contributed by atoms with Crippen molar-refractivity contribution >= 4 is 46.2 Å². The lowest BCUT2D eigenvalue weighted by Crippen LogP contribution is -2.21. The summed E-state index contributed by atoms with van der Waals surface area (Å²) in [5.41, 5.74) is 0.797. The lowest BCUT2D eigenvalue weighted by molar-refractivity contribution is -0.384. The number of aryl methyl sites for hydroxylation is 1. The van der Waals surface area contributed by atoms with Crippen molar-refractivity contribution in [3.05, 3.63) is 56.8 Å². The molecular formula is C16H12ClN5O5S. The normalized spacial score (nSPS) is 10.5. The summed E-state index contributed by atoms with van der Waals surface area (Å²) in [5.74, 6) is -1.40. The van der Waals surface area contributed by atoms with E-state index in [1.165, 1.54) is 28.8 Å². The first-order valence-electron chi connectivity index (χ1n) is 7.69. The molecule has 0 aliphatic carbocycles. The van der Waals surface area contributed by atoms with E-state index < -0.39 is 23.4 Å². The van der Waals surface area contributed by atoms with E-state index in [1.54, 1.807) is 24.1 Å². The molecule has 144 valence electrons. The van der Waals surface area contributed by atoms with Crippen molar-refractivity contribution in [2.45, 2.75) is 0 Å². The maximum absolute atomic E-state index is 12.1. The van der Waals surface area contributed by atoms with E-state index in [2.05, 4.69) is 15.4 Å². The Hall–Kier alpha value is -3.31. The van der Waals surface area contributed by atoms with Gasteiger partial charge in [0.2, 0.25) is 0 Å². The Morgan fingerprint density at radius 2 is 2.21 bits per heavy atom. The van der Waals surface area contributed by atoms with E-state index in [0.717, 1.165) is 11.6 Å². The third-order valence-electron chi connectivity index (χ3n) is 3.44. The van der Waals surface area contributed by atoms with Crippen LogP contribution in [0.15, 0.2) is 36.0 Å². The number of amides is 1. The van der Waals surface area contributed by atoms with Gasteiger partial charge >= 0.3 is 5.97 Å². The molecule has 2 heterocycles. The Morgan fingerprint density at radius 3 is 2.86 bits per heavy atom. The van der Waals surface area contributed by atoms with Crippen molar-refractivity contribution in [3.63, 3.8) is 0 Å². The van der Waals surface area contributed by atoms with Gasteiger partial charge in [0.15, 0.2) is 12.3 Å². The number of rotatable bonds is 6. The van der Waals surface area contributed by atoms with Gasteiger partial charge in [-0.15, -0.1) is 11.3 Å². The fourth-order valence-electron chi connectivity index (χ4n) is 2.14. The van der Waals surface area contributed by atoms with Crippen molar-refractivity contribution in [3.8, 4) is 10.6 Å². The van der Waals surface area contributed by atoms with Crippen LogP contribution in [0.3, 0.4) is 0 Å². The van der Waals surface area contributed by atoms with Crippen LogP contribution < -0.4 is 5.32 Å². The highest BCUT2D eigenvalue weighted by Gasteiger charge is 2.17. The van der Waals surface area contributed by atoms with Crippen LogP contribution in [0.4, 0.5) is 11.4 Å². The zero-order valence-corrected chi connectivity index (χ0v) is 15.9. The van der Waals surface area contributed by atoms with E-state index >= 15 is 0 Å². The summed E-state index contributed by atoms with van der Waals surface area (Å²) in [6.07, 6.45) is 3.38. The molecule has 0 unspecified atom stereocenters. The predicted octanol–water partition coefficient (Wildman–Crippen LogP) is 2.90. The average Bonchev–Trinajstić information content (AvgIpc) is 3.30. The van der Waals surface area contributed by atoms with Crippen LogP contribution in [-0.2, 0) is 16.6 Å². The first-order chi connectivity index (χ1) is 13.3. The Balaban J connectivity index is 1.57. The number of carbonyl (C=O) groups is 2. The number of carbonyl (C=O) groups excluding carboxylic acids is 2. The largest absolute Gasteiger partial charge is 0.451 e. The Bertz CT molecular complexity index is 1060. The number of nitro benzene ring substituents is 1. The number of thiazole rings is 1. The summed E-state index contributed by atoms with van der Waals surface area (Å²) in [5, 5.41) is 19.3. The molecule has 1 amide bonds. The van der Waals surface area contributed by atoms with Gasteiger partial charge < -0.3 is 10.1 Å². The van der Waals surface area contributed by atoms with Gasteiger partial charge in [-0.25, -0.2) is 9.78 Å². The highest BCUT2D eigenvalue weighted by atomic mass is 35.5. The summed E-state index contributed by atoms with van der Waals surface area (Å²) < 4.78 is 6.55. The van der Waals surface area contributed by atoms with Crippen molar-refractivity contribution in [2.75, 3.05) is 11.9 Å². The summed E-state index contributed by atoms with van der Waals surface area (Å²) in [6, 6.07) is 3.60. The van der Waals surface area contributed by atoms with E-state index in [-0.39, 0.29) is 22.1 Å². The number of anilines is 1. The fraction of sp³-hybridized carbons (Fsp3) is 0.125. The zero-order chi connectivity index (χ0) is 20.3. The van der Waals surface area contributed by atoms with Gasteiger partial charge in [0, 0.05) is 36.3 Å². The van der Waals surface area contributed by atoms with Crippen LogP contribution in [0.1, 0.15) is 10.5 Å². The number of hydrogen-bond acceptors (Lipinski definition) is 8. The summed E-state index contributed by atoms with van der Waals surface area (Å²) in [7, 11) is 1.77. The van der Waals surface area contributed by atoms with E-state index in [4.69, 9.17) is 16.3 Å². The number of benzene rings is 1. The second kappa shape index (κ2) is 8.15. The number of hydrogen-bond donors (Lipinski definition) is 1. The monoisotopic (exact) mass is 421 g/mol. The number of non-ortho nitro benzene ring substituents is 1. The molecule has 0 radical (unpaired) electrons. The van der Waals surface area contributed by atoms with Crippen LogP contribution in [-0.4, -0.2) is 38.2 Å². The fourth-order valence-corrected chi connectivity index (χ4v) is 3.13. The summed E-state index contributed by atoms with van der Waals surface area (Å²) in [4.78, 5) is 38.2. The van der Waals surface area contributed by atoms with Gasteiger partial charge in [-0.05, 0) is 6.07 Å². The van der Waals surface area contributed by atoms with Crippen molar-refractivity contribution < 1.29 is 19.2 Å². The number of esters is 1. The molecule has 1 N–H and O–H groups in total. The van der Waals surface area contributed by atoms with Crippen LogP contribution in [0, 0.1) is 10.1 Å². The standard InChI is InChI=1S/C16H12ClN5O5S/c1-21-6-9(5-18-21)15-20-13(8-28-15)16(24)27-7-14(23)19-12-3-2-10(22(25)26)4-11(12)17/h2-6,8H,7H2,1H3,(H,19,23). The molecule has 0 saturated carbocycles. The van der Waals surface area contributed by atoms with Crippen LogP contribution in [0.2, 0.25) is 5.02 Å². The molecule has 0 bridgehead atoms. The van der Waals surface area contributed by atoms with Gasteiger partial charge in [-0.3, -0.25) is 19.6 Å². The molecule has 0 fully saturated rings. The quantitative estimate of drug-likeness (QED) is 0.368. The molecule has 10 nitrogen and oxygen atoms in total. The average molecular weight is 422 g/mol. The molecule has 0 aliphatic heterocycles. The smallest absolute Gasteiger partial charge is 0.358 e. The number of aromatic nitrogens is 3. The maximum atomic E-state index is 12.1. The Labute approximate surface area is 166 Å². The van der Waals surface area contributed by atoms with Crippen molar-refractivity contribution in [1.29, 1.82) is 0 Å². The van der Waals surface area contributed by atoms with Gasteiger partial charge in [0.05, 0.1) is 21.8 Å². The highest BCUT2D eigenvalue weighted by Crippen LogP contribution is 2.26. The molecule has 1 aromatic carbocycles. The van der Waals surface area contributed by atoms with Crippen LogP contribution >= 0.6 is 22.9 Å².